The normalized spacial score (nSPS) is 11.1. The van der Waals surface area contributed by atoms with Gasteiger partial charge in [-0.05, 0) is 23.5 Å². The first-order valence-electron chi connectivity index (χ1n) is 5.54. The second-order valence-electron chi connectivity index (χ2n) is 3.85. The summed E-state index contributed by atoms with van der Waals surface area (Å²) in [5, 5.41) is 10.4. The number of hydrogen-bond donors (Lipinski definition) is 0. The number of esters is 1. The first kappa shape index (κ1) is 15.1. The van der Waals surface area contributed by atoms with Crippen molar-refractivity contribution in [1.29, 1.82) is 0 Å². The van der Waals surface area contributed by atoms with Crippen LogP contribution in [0.1, 0.15) is 10.4 Å². The minimum Gasteiger partial charge on any atom is -0.465 e. The Kier molecular flexibility index (Phi) is 4.05. The molecule has 0 aliphatic carbocycles. The number of rotatable bonds is 4. The molecule has 0 N–H and O–H groups in total. The molecule has 1 aromatic carbocycles. The van der Waals surface area contributed by atoms with Crippen molar-refractivity contribution in [2.45, 2.75) is 9.10 Å². The van der Waals surface area contributed by atoms with Crippen LogP contribution in [0.25, 0.3) is 0 Å². The van der Waals surface area contributed by atoms with Gasteiger partial charge < -0.3 is 4.74 Å². The highest BCUT2D eigenvalue weighted by molar-refractivity contribution is 7.93. The fourth-order valence-electron chi connectivity index (χ4n) is 1.61. The van der Waals surface area contributed by atoms with E-state index in [2.05, 4.69) is 4.74 Å². The van der Waals surface area contributed by atoms with Crippen molar-refractivity contribution in [3.8, 4) is 0 Å². The lowest BCUT2D eigenvalue weighted by Gasteiger charge is -2.03. The van der Waals surface area contributed by atoms with E-state index < -0.39 is 29.9 Å². The van der Waals surface area contributed by atoms with Crippen LogP contribution in [-0.2, 0) is 14.6 Å². The van der Waals surface area contributed by atoms with E-state index in [0.29, 0.717) is 11.3 Å². The molecule has 0 amide bonds. The predicted octanol–water partition coefficient (Wildman–Crippen LogP) is 2.28. The Balaban J connectivity index is 2.68. The van der Waals surface area contributed by atoms with Crippen LogP contribution in [-0.4, -0.2) is 26.4 Å². The van der Waals surface area contributed by atoms with Gasteiger partial charge in [0.05, 0.1) is 22.5 Å². The maximum atomic E-state index is 12.5. The average molecular weight is 327 g/mol. The zero-order valence-corrected chi connectivity index (χ0v) is 12.3. The molecule has 0 aliphatic rings. The van der Waals surface area contributed by atoms with E-state index in [1.807, 2.05) is 0 Å². The molecular formula is C12H9NO6S2. The number of ether oxygens (including phenoxy) is 1. The fourth-order valence-corrected chi connectivity index (χ4v) is 4.45. The van der Waals surface area contributed by atoms with Gasteiger partial charge in [-0.3, -0.25) is 10.1 Å². The highest BCUT2D eigenvalue weighted by Gasteiger charge is 2.31. The van der Waals surface area contributed by atoms with Crippen LogP contribution in [0.2, 0.25) is 0 Å². The summed E-state index contributed by atoms with van der Waals surface area (Å²) in [5.41, 5.74) is -0.335. The molecule has 110 valence electrons. The number of carbonyl (C=O) groups is 1. The predicted molar refractivity (Wildman–Crippen MR) is 74.2 cm³/mol. The molecular weight excluding hydrogens is 318 g/mol. The summed E-state index contributed by atoms with van der Waals surface area (Å²) in [7, 11) is -2.95. The molecule has 2 rings (SSSR count). The lowest BCUT2D eigenvalue weighted by Crippen LogP contribution is -2.08. The van der Waals surface area contributed by atoms with Crippen LogP contribution in [0, 0.1) is 10.1 Å². The molecule has 21 heavy (non-hydrogen) atoms. The van der Waals surface area contributed by atoms with Crippen molar-refractivity contribution in [2.75, 3.05) is 7.11 Å². The number of hydrogen-bond acceptors (Lipinski definition) is 7. The zero-order chi connectivity index (χ0) is 15.6. The molecule has 2 aromatic rings. The second-order valence-corrected chi connectivity index (χ2v) is 7.03. The fraction of sp³-hybridized carbons (Fsp3) is 0.0833. The molecule has 1 aromatic heterocycles. The van der Waals surface area contributed by atoms with Crippen molar-refractivity contribution >= 4 is 32.1 Å². The van der Waals surface area contributed by atoms with E-state index in [1.165, 1.54) is 24.3 Å². The molecule has 0 fully saturated rings. The number of carbonyl (C=O) groups excluding carboxylic acids is 1. The smallest absolute Gasteiger partial charge is 0.340 e. The average Bonchev–Trinajstić information content (AvgIpc) is 2.93. The first-order chi connectivity index (χ1) is 9.87. The van der Waals surface area contributed by atoms with Crippen molar-refractivity contribution < 1.29 is 22.9 Å². The monoisotopic (exact) mass is 327 g/mol. The van der Waals surface area contributed by atoms with Crippen LogP contribution < -0.4 is 0 Å². The van der Waals surface area contributed by atoms with Gasteiger partial charge in [-0.15, -0.1) is 0 Å². The summed E-state index contributed by atoms with van der Waals surface area (Å²) in [4.78, 5) is 21.7. The van der Waals surface area contributed by atoms with E-state index in [-0.39, 0.29) is 10.5 Å². The lowest BCUT2D eigenvalue weighted by atomic mass is 10.3. The molecule has 0 unspecified atom stereocenters. The van der Waals surface area contributed by atoms with Gasteiger partial charge in [-0.25, -0.2) is 13.2 Å². The van der Waals surface area contributed by atoms with Crippen molar-refractivity contribution in [3.05, 3.63) is 52.1 Å². The molecule has 9 heteroatoms. The van der Waals surface area contributed by atoms with Crippen molar-refractivity contribution in [3.63, 3.8) is 0 Å². The highest BCUT2D eigenvalue weighted by Crippen LogP contribution is 2.36. The molecule has 0 atom stereocenters. The summed E-state index contributed by atoms with van der Waals surface area (Å²) in [6.07, 6.45) is 0. The Hall–Kier alpha value is -2.26. The van der Waals surface area contributed by atoms with Gasteiger partial charge in [0.25, 0.3) is 0 Å². The van der Waals surface area contributed by atoms with Gasteiger partial charge in [0.2, 0.25) is 9.84 Å². The third kappa shape index (κ3) is 2.78. The van der Waals surface area contributed by atoms with E-state index in [4.69, 9.17) is 0 Å². The first-order valence-corrected chi connectivity index (χ1v) is 7.84. The van der Waals surface area contributed by atoms with E-state index in [0.717, 1.165) is 13.2 Å². The lowest BCUT2D eigenvalue weighted by molar-refractivity contribution is -0.380. The van der Waals surface area contributed by atoms with Crippen molar-refractivity contribution in [1.82, 2.24) is 0 Å². The largest absolute Gasteiger partial charge is 0.465 e. The third-order valence-electron chi connectivity index (χ3n) is 2.57. The Morgan fingerprint density at radius 3 is 2.43 bits per heavy atom. The SMILES string of the molecule is COC(=O)c1cc([N+](=O)[O-])sc1S(=O)(=O)c1ccccc1. The number of sulfone groups is 1. The standard InChI is InChI=1S/C12H9NO6S2/c1-19-11(14)9-7-10(13(15)16)20-12(9)21(17,18)8-5-3-2-4-6-8/h2-7H,1H3. The summed E-state index contributed by atoms with van der Waals surface area (Å²) < 4.78 is 29.1. The number of benzene rings is 1. The Morgan fingerprint density at radius 1 is 1.29 bits per heavy atom. The van der Waals surface area contributed by atoms with Gasteiger partial charge in [0, 0.05) is 6.07 Å². The van der Waals surface area contributed by atoms with Crippen LogP contribution in [0.4, 0.5) is 5.00 Å². The van der Waals surface area contributed by atoms with Crippen LogP contribution in [0.3, 0.4) is 0 Å². The Morgan fingerprint density at radius 2 is 1.90 bits per heavy atom. The molecule has 7 nitrogen and oxygen atoms in total. The topological polar surface area (TPSA) is 104 Å². The van der Waals surface area contributed by atoms with E-state index in [1.54, 1.807) is 6.07 Å². The zero-order valence-electron chi connectivity index (χ0n) is 10.7. The summed E-state index contributed by atoms with van der Waals surface area (Å²) >= 11 is 0.425. The second kappa shape index (κ2) is 5.62. The Labute approximate surface area is 123 Å². The maximum Gasteiger partial charge on any atom is 0.340 e. The number of nitro groups is 1. The summed E-state index contributed by atoms with van der Waals surface area (Å²) in [6, 6.07) is 8.28. The Bertz CT molecular complexity index is 794. The molecule has 0 saturated carbocycles. The van der Waals surface area contributed by atoms with Gasteiger partial charge in [-0.2, -0.15) is 0 Å². The minimum atomic E-state index is -4.02. The van der Waals surface area contributed by atoms with Gasteiger partial charge in [-0.1, -0.05) is 18.2 Å². The quantitative estimate of drug-likeness (QED) is 0.485. The highest BCUT2D eigenvalue weighted by atomic mass is 32.2. The summed E-state index contributed by atoms with van der Waals surface area (Å²) in [6.45, 7) is 0. The van der Waals surface area contributed by atoms with E-state index in [9.17, 15) is 23.3 Å². The van der Waals surface area contributed by atoms with Crippen LogP contribution in [0.15, 0.2) is 45.5 Å². The molecule has 0 aliphatic heterocycles. The maximum absolute atomic E-state index is 12.5. The molecule has 1 heterocycles. The van der Waals surface area contributed by atoms with Gasteiger partial charge >= 0.3 is 11.0 Å². The van der Waals surface area contributed by atoms with Gasteiger partial charge in [0.1, 0.15) is 4.21 Å². The molecule has 0 bridgehead atoms. The summed E-state index contributed by atoms with van der Waals surface area (Å²) in [5.74, 6) is -0.936. The van der Waals surface area contributed by atoms with Crippen LogP contribution in [0.5, 0.6) is 0 Å². The molecule has 0 saturated heterocycles. The van der Waals surface area contributed by atoms with Gasteiger partial charge in [0.15, 0.2) is 0 Å². The van der Waals surface area contributed by atoms with Crippen LogP contribution >= 0.6 is 11.3 Å². The third-order valence-corrected chi connectivity index (χ3v) is 5.96. The number of methoxy groups -OCH3 is 1. The number of thiophene rings is 1. The molecule has 0 radical (unpaired) electrons. The number of nitrogens with zero attached hydrogens (tertiary/aromatic N) is 1. The van der Waals surface area contributed by atoms with E-state index >= 15 is 0 Å². The molecule has 0 spiro atoms. The van der Waals surface area contributed by atoms with Crippen molar-refractivity contribution in [2.24, 2.45) is 0 Å². The minimum absolute atomic E-state index is 0.0492.